The summed E-state index contributed by atoms with van der Waals surface area (Å²) in [5.41, 5.74) is -0.400. The van der Waals surface area contributed by atoms with Crippen molar-refractivity contribution in [2.45, 2.75) is 19.4 Å². The van der Waals surface area contributed by atoms with Gasteiger partial charge in [-0.15, -0.1) is 0 Å². The Morgan fingerprint density at radius 3 is 2.76 bits per heavy atom. The molecule has 0 unspecified atom stereocenters. The predicted molar refractivity (Wildman–Crippen MR) is 62.3 cm³/mol. The number of rotatable bonds is 1. The van der Waals surface area contributed by atoms with Crippen LogP contribution in [-0.2, 0) is 10.3 Å². The van der Waals surface area contributed by atoms with Gasteiger partial charge < -0.3 is 14.9 Å². The molecule has 7 heteroatoms. The molecule has 4 nitrogen and oxygen atoms in total. The van der Waals surface area contributed by atoms with Gasteiger partial charge in [-0.3, -0.25) is 0 Å². The summed E-state index contributed by atoms with van der Waals surface area (Å²) in [6.45, 7) is 3.28. The third kappa shape index (κ3) is 1.82. The number of oxime groups is 1. The Labute approximate surface area is 103 Å². The lowest BCUT2D eigenvalue weighted by Crippen LogP contribution is -2.29. The van der Waals surface area contributed by atoms with E-state index in [2.05, 4.69) is 5.16 Å². The lowest BCUT2D eigenvalue weighted by Gasteiger charge is -2.20. The molecule has 0 fully saturated rings. The van der Waals surface area contributed by atoms with Crippen molar-refractivity contribution >= 4 is 29.4 Å². The van der Waals surface area contributed by atoms with Crippen LogP contribution in [0.3, 0.4) is 0 Å². The lowest BCUT2D eigenvalue weighted by molar-refractivity contribution is 0.0973. The molecule has 1 aromatic rings. The number of hydrogen-bond acceptors (Lipinski definition) is 4. The van der Waals surface area contributed by atoms with Gasteiger partial charge in [-0.2, -0.15) is 0 Å². The number of nitrogens with zero attached hydrogens (tertiary/aromatic N) is 1. The normalized spacial score (nSPS) is 18.4. The molecule has 0 saturated heterocycles. The Morgan fingerprint density at radius 1 is 1.53 bits per heavy atom. The molecule has 0 atom stereocenters. The molecule has 1 aliphatic rings. The molecule has 1 aliphatic heterocycles. The first-order chi connectivity index (χ1) is 7.88. The summed E-state index contributed by atoms with van der Waals surface area (Å²) in [5, 5.41) is 20.6. The van der Waals surface area contributed by atoms with Crippen molar-refractivity contribution in [1.82, 2.24) is 0 Å². The number of fused-ring (bicyclic) bond motifs is 1. The minimum Gasteiger partial charge on any atom is -0.423 e. The number of halogens is 2. The van der Waals surface area contributed by atoms with E-state index in [1.807, 2.05) is 0 Å². The zero-order valence-corrected chi connectivity index (χ0v) is 9.99. The van der Waals surface area contributed by atoms with Crippen LogP contribution >= 0.6 is 11.6 Å². The summed E-state index contributed by atoms with van der Waals surface area (Å²) in [6, 6.07) is 2.84. The first-order valence-corrected chi connectivity index (χ1v) is 5.33. The maximum Gasteiger partial charge on any atom is 0.492 e. The smallest absolute Gasteiger partial charge is 0.423 e. The van der Waals surface area contributed by atoms with E-state index >= 15 is 0 Å². The van der Waals surface area contributed by atoms with Crippen LogP contribution in [0.25, 0.3) is 0 Å². The minimum atomic E-state index is -1.16. The zero-order valence-electron chi connectivity index (χ0n) is 9.24. The van der Waals surface area contributed by atoms with Gasteiger partial charge in [-0.25, -0.2) is 4.39 Å². The van der Waals surface area contributed by atoms with Crippen LogP contribution in [0.1, 0.15) is 25.0 Å². The fourth-order valence-electron chi connectivity index (χ4n) is 2.02. The number of benzene rings is 1. The Balaban J connectivity index is 2.68. The van der Waals surface area contributed by atoms with Gasteiger partial charge in [0, 0.05) is 5.56 Å². The maximum atomic E-state index is 14.2. The summed E-state index contributed by atoms with van der Waals surface area (Å²) in [6.07, 6.45) is 0. The first-order valence-electron chi connectivity index (χ1n) is 4.95. The molecule has 0 aromatic heterocycles. The van der Waals surface area contributed by atoms with Crippen LogP contribution in [0.2, 0.25) is 0 Å². The number of hydrogen-bond donors (Lipinski definition) is 2. The third-order valence-corrected chi connectivity index (χ3v) is 3.04. The van der Waals surface area contributed by atoms with Gasteiger partial charge in [0.1, 0.15) is 5.82 Å². The van der Waals surface area contributed by atoms with Crippen LogP contribution in [0, 0.1) is 5.82 Å². The van der Waals surface area contributed by atoms with E-state index in [4.69, 9.17) is 21.5 Å². The van der Waals surface area contributed by atoms with Crippen molar-refractivity contribution < 1.29 is 19.3 Å². The van der Waals surface area contributed by atoms with E-state index in [1.54, 1.807) is 13.8 Å². The molecule has 0 amide bonds. The molecule has 1 heterocycles. The van der Waals surface area contributed by atoms with Crippen molar-refractivity contribution in [3.8, 4) is 0 Å². The quantitative estimate of drug-likeness (QED) is 0.343. The van der Waals surface area contributed by atoms with E-state index in [-0.39, 0.29) is 16.3 Å². The second-order valence-corrected chi connectivity index (χ2v) is 4.62. The lowest BCUT2D eigenvalue weighted by atomic mass is 9.77. The van der Waals surface area contributed by atoms with Crippen LogP contribution in [0.4, 0.5) is 4.39 Å². The average Bonchev–Trinajstić information content (AvgIpc) is 2.49. The van der Waals surface area contributed by atoms with Gasteiger partial charge in [0.25, 0.3) is 0 Å². The molecule has 0 aliphatic carbocycles. The molecular weight excluding hydrogens is 247 g/mol. The van der Waals surface area contributed by atoms with Crippen molar-refractivity contribution in [1.29, 1.82) is 0 Å². The van der Waals surface area contributed by atoms with Crippen molar-refractivity contribution in [2.24, 2.45) is 5.16 Å². The monoisotopic (exact) mass is 257 g/mol. The first kappa shape index (κ1) is 12.4. The van der Waals surface area contributed by atoms with E-state index in [0.717, 1.165) is 0 Å². The topological polar surface area (TPSA) is 62.0 Å². The molecule has 2 N–H and O–H groups in total. The largest absolute Gasteiger partial charge is 0.492 e. The third-order valence-electron chi connectivity index (χ3n) is 2.76. The standard InChI is InChI=1S/C10H10BClFNO3/c1-10(2)7-6(11(15)17-10)4-3-5(8(7)13)9(12)14-16/h3-4,15-16H,1-2H3/b14-9-. The van der Waals surface area contributed by atoms with Crippen molar-refractivity contribution in [3.05, 3.63) is 29.1 Å². The minimum absolute atomic E-state index is 0.0290. The summed E-state index contributed by atoms with van der Waals surface area (Å²) >= 11 is 5.58. The van der Waals surface area contributed by atoms with Gasteiger partial charge in [0.15, 0.2) is 5.17 Å². The highest BCUT2D eigenvalue weighted by Gasteiger charge is 2.43. The highest BCUT2D eigenvalue weighted by molar-refractivity contribution is 6.69. The van der Waals surface area contributed by atoms with E-state index in [0.29, 0.717) is 5.46 Å². The maximum absolute atomic E-state index is 14.2. The summed E-state index contributed by atoms with van der Waals surface area (Å²) in [5.74, 6) is -0.646. The molecule has 0 bridgehead atoms. The second kappa shape index (κ2) is 3.98. The van der Waals surface area contributed by atoms with E-state index in [1.165, 1.54) is 12.1 Å². The average molecular weight is 257 g/mol. The van der Waals surface area contributed by atoms with Crippen LogP contribution in [0.15, 0.2) is 17.3 Å². The fourth-order valence-corrected chi connectivity index (χ4v) is 2.17. The van der Waals surface area contributed by atoms with Gasteiger partial charge in [-0.1, -0.05) is 22.8 Å². The molecule has 0 radical (unpaired) electrons. The Kier molecular flexibility index (Phi) is 2.89. The van der Waals surface area contributed by atoms with Gasteiger partial charge in [-0.05, 0) is 25.4 Å². The second-order valence-electron chi connectivity index (χ2n) is 4.26. The summed E-state index contributed by atoms with van der Waals surface area (Å²) in [4.78, 5) is 0. The van der Waals surface area contributed by atoms with E-state index in [9.17, 15) is 9.41 Å². The SMILES string of the molecule is CC1(C)OB(O)c2ccc(/C(Cl)=N/O)c(F)c21. The summed E-state index contributed by atoms with van der Waals surface area (Å²) in [7, 11) is -1.16. The Bertz CT molecular complexity index is 507. The highest BCUT2D eigenvalue weighted by atomic mass is 35.5. The van der Waals surface area contributed by atoms with Crippen LogP contribution < -0.4 is 5.46 Å². The molecule has 1 aromatic carbocycles. The molecule has 2 rings (SSSR count). The Morgan fingerprint density at radius 2 is 2.18 bits per heavy atom. The zero-order chi connectivity index (χ0) is 12.8. The molecule has 90 valence electrons. The van der Waals surface area contributed by atoms with Crippen molar-refractivity contribution in [3.63, 3.8) is 0 Å². The predicted octanol–water partition coefficient (Wildman–Crippen LogP) is 1.15. The fraction of sp³-hybridized carbons (Fsp3) is 0.300. The van der Waals surface area contributed by atoms with Gasteiger partial charge >= 0.3 is 7.12 Å². The Hall–Kier alpha value is -1.11. The van der Waals surface area contributed by atoms with Crippen LogP contribution in [0.5, 0.6) is 0 Å². The summed E-state index contributed by atoms with van der Waals surface area (Å²) < 4.78 is 19.5. The van der Waals surface area contributed by atoms with Crippen molar-refractivity contribution in [2.75, 3.05) is 0 Å². The highest BCUT2D eigenvalue weighted by Crippen LogP contribution is 2.33. The molecule has 0 spiro atoms. The molecule has 0 saturated carbocycles. The van der Waals surface area contributed by atoms with Crippen LogP contribution in [-0.4, -0.2) is 22.5 Å². The molecular formula is C10H10BClFNO3. The molecule has 17 heavy (non-hydrogen) atoms. The van der Waals surface area contributed by atoms with Gasteiger partial charge in [0.2, 0.25) is 0 Å². The van der Waals surface area contributed by atoms with Gasteiger partial charge in [0.05, 0.1) is 11.2 Å². The van der Waals surface area contributed by atoms with E-state index < -0.39 is 18.5 Å².